The fourth-order valence-corrected chi connectivity index (χ4v) is 2.46. The van der Waals surface area contributed by atoms with E-state index in [1.54, 1.807) is 0 Å². The van der Waals surface area contributed by atoms with Crippen molar-refractivity contribution >= 4 is 22.6 Å². The van der Waals surface area contributed by atoms with Gasteiger partial charge in [-0.05, 0) is 25.5 Å². The molecule has 0 unspecified atom stereocenters. The van der Waals surface area contributed by atoms with E-state index < -0.39 is 0 Å². The summed E-state index contributed by atoms with van der Waals surface area (Å²) in [6.07, 6.45) is 0. The molecule has 5 heteroatoms. The van der Waals surface area contributed by atoms with Crippen LogP contribution in [0.25, 0.3) is 11.0 Å². The van der Waals surface area contributed by atoms with Gasteiger partial charge in [0.1, 0.15) is 5.82 Å². The Kier molecular flexibility index (Phi) is 3.03. The van der Waals surface area contributed by atoms with E-state index in [-0.39, 0.29) is 0 Å². The van der Waals surface area contributed by atoms with Crippen molar-refractivity contribution in [3.63, 3.8) is 0 Å². The highest BCUT2D eigenvalue weighted by atomic mass is 35.5. The zero-order valence-corrected chi connectivity index (χ0v) is 11.6. The Balaban J connectivity index is 2.13. The number of rotatable bonds is 3. The number of benzene rings is 1. The van der Waals surface area contributed by atoms with Gasteiger partial charge in [0.05, 0.1) is 29.2 Å². The van der Waals surface area contributed by atoms with Gasteiger partial charge in [0.25, 0.3) is 0 Å². The highest BCUT2D eigenvalue weighted by Gasteiger charge is 2.13. The number of nitrogens with zero attached hydrogens (tertiary/aromatic N) is 3. The molecule has 0 spiro atoms. The molecular weight excluding hydrogens is 262 g/mol. The molecule has 0 atom stereocenters. The molecule has 19 heavy (non-hydrogen) atoms. The van der Waals surface area contributed by atoms with Crippen molar-refractivity contribution in [2.75, 3.05) is 0 Å². The monoisotopic (exact) mass is 275 g/mol. The van der Waals surface area contributed by atoms with Crippen molar-refractivity contribution in [1.82, 2.24) is 14.7 Å². The molecule has 0 bridgehead atoms. The molecule has 0 aliphatic heterocycles. The number of hydrogen-bond acceptors (Lipinski definition) is 3. The fourth-order valence-electron chi connectivity index (χ4n) is 2.26. The van der Waals surface area contributed by atoms with Crippen molar-refractivity contribution in [2.24, 2.45) is 0 Å². The molecule has 3 rings (SSSR count). The molecule has 1 aromatic carbocycles. The Morgan fingerprint density at radius 2 is 2.16 bits per heavy atom. The molecular formula is C14H14ClN3O. The molecule has 0 aliphatic rings. The van der Waals surface area contributed by atoms with Crippen LogP contribution in [0.1, 0.15) is 22.8 Å². The smallest absolute Gasteiger partial charge is 0.156 e. The first kappa shape index (κ1) is 12.2. The van der Waals surface area contributed by atoms with E-state index in [4.69, 9.17) is 16.1 Å². The second-order valence-corrected chi connectivity index (χ2v) is 4.89. The Labute approximate surface area is 116 Å². The molecule has 98 valence electrons. The van der Waals surface area contributed by atoms with Gasteiger partial charge in [-0.3, -0.25) is 0 Å². The molecule has 4 nitrogen and oxygen atoms in total. The maximum atomic E-state index is 6.00. The number of fused-ring (bicyclic) bond motifs is 1. The van der Waals surface area contributed by atoms with Gasteiger partial charge in [0.15, 0.2) is 5.76 Å². The topological polar surface area (TPSA) is 43.9 Å². The van der Waals surface area contributed by atoms with Gasteiger partial charge in [0.2, 0.25) is 0 Å². The molecule has 0 fully saturated rings. The molecule has 3 aromatic rings. The molecule has 0 radical (unpaired) electrons. The van der Waals surface area contributed by atoms with E-state index in [9.17, 15) is 0 Å². The average molecular weight is 276 g/mol. The SMILES string of the molecule is Cc1cc(Cn2c(CCl)nc3c(C)cccc32)on1. The van der Waals surface area contributed by atoms with Gasteiger partial charge in [0, 0.05) is 6.07 Å². The van der Waals surface area contributed by atoms with Gasteiger partial charge in [-0.1, -0.05) is 17.3 Å². The van der Waals surface area contributed by atoms with Gasteiger partial charge >= 0.3 is 0 Å². The molecule has 0 N–H and O–H groups in total. The minimum Gasteiger partial charge on any atom is -0.359 e. The first-order valence-corrected chi connectivity index (χ1v) is 6.65. The summed E-state index contributed by atoms with van der Waals surface area (Å²) in [4.78, 5) is 4.60. The average Bonchev–Trinajstić information content (AvgIpc) is 2.96. The van der Waals surface area contributed by atoms with Crippen LogP contribution in [0.2, 0.25) is 0 Å². The molecule has 2 aromatic heterocycles. The molecule has 0 saturated carbocycles. The van der Waals surface area contributed by atoms with Gasteiger partial charge < -0.3 is 9.09 Å². The zero-order valence-electron chi connectivity index (χ0n) is 10.9. The minimum absolute atomic E-state index is 0.376. The Morgan fingerprint density at radius 3 is 2.84 bits per heavy atom. The summed E-state index contributed by atoms with van der Waals surface area (Å²) in [7, 11) is 0. The van der Waals surface area contributed by atoms with Crippen molar-refractivity contribution in [3.05, 3.63) is 47.1 Å². The van der Waals surface area contributed by atoms with Crippen molar-refractivity contribution in [1.29, 1.82) is 0 Å². The van der Waals surface area contributed by atoms with Crippen LogP contribution in [0.5, 0.6) is 0 Å². The lowest BCUT2D eigenvalue weighted by Gasteiger charge is -2.04. The zero-order chi connectivity index (χ0) is 13.4. The normalized spacial score (nSPS) is 11.3. The number of alkyl halides is 1. The van der Waals surface area contributed by atoms with Crippen LogP contribution >= 0.6 is 11.6 Å². The third-order valence-corrected chi connectivity index (χ3v) is 3.41. The summed E-state index contributed by atoms with van der Waals surface area (Å²) in [6.45, 7) is 4.56. The molecule has 0 amide bonds. The van der Waals surface area contributed by atoms with E-state index in [1.807, 2.05) is 19.1 Å². The lowest BCUT2D eigenvalue weighted by molar-refractivity contribution is 0.373. The predicted octanol–water partition coefficient (Wildman–Crippen LogP) is 3.43. The summed E-state index contributed by atoms with van der Waals surface area (Å²) < 4.78 is 7.35. The van der Waals surface area contributed by atoms with Crippen molar-refractivity contribution in [2.45, 2.75) is 26.3 Å². The van der Waals surface area contributed by atoms with E-state index in [2.05, 4.69) is 33.8 Å². The third kappa shape index (κ3) is 2.12. The minimum atomic E-state index is 0.376. The number of aryl methyl sites for hydroxylation is 2. The van der Waals surface area contributed by atoms with Crippen LogP contribution < -0.4 is 0 Å². The molecule has 2 heterocycles. The van der Waals surface area contributed by atoms with Crippen molar-refractivity contribution in [3.8, 4) is 0 Å². The fraction of sp³-hybridized carbons (Fsp3) is 0.286. The number of para-hydroxylation sites is 1. The second kappa shape index (κ2) is 4.70. The van der Waals surface area contributed by atoms with Crippen LogP contribution in [0.3, 0.4) is 0 Å². The van der Waals surface area contributed by atoms with Gasteiger partial charge in [-0.25, -0.2) is 4.98 Å². The van der Waals surface area contributed by atoms with Gasteiger partial charge in [-0.15, -0.1) is 11.6 Å². The van der Waals surface area contributed by atoms with Gasteiger partial charge in [-0.2, -0.15) is 0 Å². The second-order valence-electron chi connectivity index (χ2n) is 4.63. The molecule has 0 saturated heterocycles. The number of halogens is 1. The first-order chi connectivity index (χ1) is 9.19. The Morgan fingerprint density at radius 1 is 1.32 bits per heavy atom. The van der Waals surface area contributed by atoms with E-state index >= 15 is 0 Å². The van der Waals surface area contributed by atoms with Crippen LogP contribution in [0.15, 0.2) is 28.8 Å². The highest BCUT2D eigenvalue weighted by molar-refractivity contribution is 6.16. The first-order valence-electron chi connectivity index (χ1n) is 6.12. The van der Waals surface area contributed by atoms with Crippen LogP contribution in [-0.2, 0) is 12.4 Å². The predicted molar refractivity (Wildman–Crippen MR) is 74.4 cm³/mol. The van der Waals surface area contributed by atoms with E-state index in [1.165, 1.54) is 0 Å². The summed E-state index contributed by atoms with van der Waals surface area (Å²) >= 11 is 6.00. The maximum absolute atomic E-state index is 6.00. The van der Waals surface area contributed by atoms with Crippen LogP contribution in [0.4, 0.5) is 0 Å². The largest absolute Gasteiger partial charge is 0.359 e. The Hall–Kier alpha value is -1.81. The van der Waals surface area contributed by atoms with Crippen LogP contribution in [-0.4, -0.2) is 14.7 Å². The lowest BCUT2D eigenvalue weighted by Crippen LogP contribution is -2.02. The number of hydrogen-bond donors (Lipinski definition) is 0. The van der Waals surface area contributed by atoms with E-state index in [0.717, 1.165) is 33.9 Å². The maximum Gasteiger partial charge on any atom is 0.156 e. The summed E-state index contributed by atoms with van der Waals surface area (Å²) in [5.74, 6) is 2.03. The summed E-state index contributed by atoms with van der Waals surface area (Å²) in [6, 6.07) is 8.06. The lowest BCUT2D eigenvalue weighted by atomic mass is 10.2. The third-order valence-electron chi connectivity index (χ3n) is 3.17. The number of aromatic nitrogens is 3. The summed E-state index contributed by atoms with van der Waals surface area (Å²) in [5.41, 5.74) is 4.10. The standard InChI is InChI=1S/C14H14ClN3O/c1-9-4-3-5-12-14(9)16-13(7-15)18(12)8-11-6-10(2)17-19-11/h3-6H,7-8H2,1-2H3. The molecule has 0 aliphatic carbocycles. The van der Waals surface area contributed by atoms with Crippen molar-refractivity contribution < 1.29 is 4.52 Å². The quantitative estimate of drug-likeness (QED) is 0.688. The van der Waals surface area contributed by atoms with Crippen LogP contribution in [0, 0.1) is 13.8 Å². The summed E-state index contributed by atoms with van der Waals surface area (Å²) in [5, 5.41) is 3.91. The van der Waals surface area contributed by atoms with E-state index in [0.29, 0.717) is 12.4 Å². The highest BCUT2D eigenvalue weighted by Crippen LogP contribution is 2.22. The Bertz CT molecular complexity index is 729. The number of imidazole rings is 1.